The molecule has 2 aliphatic heterocycles. The van der Waals surface area contributed by atoms with Gasteiger partial charge >= 0.3 is 0 Å². The monoisotopic (exact) mass is 284 g/mol. The number of carbonyl (C=O) groups excluding carboxylic acids is 1. The summed E-state index contributed by atoms with van der Waals surface area (Å²) in [6.45, 7) is 0.684. The summed E-state index contributed by atoms with van der Waals surface area (Å²) in [6.07, 6.45) is 0.372. The van der Waals surface area contributed by atoms with E-state index in [9.17, 15) is 9.00 Å². The summed E-state index contributed by atoms with van der Waals surface area (Å²) in [5.74, 6) is 1.14. The number of benzene rings is 1. The minimum Gasteiger partial charge on any atom is -0.363 e. The van der Waals surface area contributed by atoms with E-state index in [0.717, 1.165) is 11.4 Å². The molecule has 0 spiro atoms. The fourth-order valence-electron chi connectivity index (χ4n) is 2.56. The Morgan fingerprint density at radius 1 is 1.44 bits per heavy atom. The third kappa shape index (κ3) is 2.01. The molecule has 1 fully saturated rings. The van der Waals surface area contributed by atoms with Crippen LogP contribution in [0.2, 0.25) is 5.02 Å². The summed E-state index contributed by atoms with van der Waals surface area (Å²) in [7, 11) is -0.829. The Bertz CT molecular complexity index is 535. The van der Waals surface area contributed by atoms with Gasteiger partial charge in [-0.05, 0) is 12.1 Å². The molecule has 1 saturated heterocycles. The molecule has 2 atom stereocenters. The van der Waals surface area contributed by atoms with Crippen LogP contribution >= 0.6 is 11.6 Å². The topological polar surface area (TPSA) is 49.4 Å². The van der Waals surface area contributed by atoms with Gasteiger partial charge in [0.2, 0.25) is 5.91 Å². The lowest BCUT2D eigenvalue weighted by atomic mass is 10.1. The van der Waals surface area contributed by atoms with E-state index in [1.54, 1.807) is 0 Å². The van der Waals surface area contributed by atoms with Crippen LogP contribution in [0.4, 0.5) is 11.4 Å². The van der Waals surface area contributed by atoms with Crippen molar-refractivity contribution in [1.29, 1.82) is 0 Å². The van der Waals surface area contributed by atoms with Gasteiger partial charge in [-0.15, -0.1) is 0 Å². The summed E-state index contributed by atoms with van der Waals surface area (Å²) < 4.78 is 11.7. The number of rotatable bonds is 0. The van der Waals surface area contributed by atoms with E-state index in [1.807, 2.05) is 18.2 Å². The highest BCUT2D eigenvalue weighted by Gasteiger charge is 2.33. The van der Waals surface area contributed by atoms with Crippen molar-refractivity contribution in [2.75, 3.05) is 28.3 Å². The Morgan fingerprint density at radius 2 is 2.28 bits per heavy atom. The minimum atomic E-state index is -0.829. The number of carbonyl (C=O) groups is 1. The van der Waals surface area contributed by atoms with Crippen molar-refractivity contribution < 1.29 is 9.00 Å². The zero-order valence-corrected chi connectivity index (χ0v) is 11.3. The minimum absolute atomic E-state index is 0.0132. The summed E-state index contributed by atoms with van der Waals surface area (Å²) in [4.78, 5) is 14.0. The highest BCUT2D eigenvalue weighted by Crippen LogP contribution is 2.38. The lowest BCUT2D eigenvalue weighted by molar-refractivity contribution is -0.116. The first kappa shape index (κ1) is 12.0. The van der Waals surface area contributed by atoms with Crippen LogP contribution in [0.15, 0.2) is 18.2 Å². The average Bonchev–Trinajstić information content (AvgIpc) is 2.44. The van der Waals surface area contributed by atoms with Crippen LogP contribution in [-0.4, -0.2) is 34.2 Å². The summed E-state index contributed by atoms with van der Waals surface area (Å²) in [6, 6.07) is 5.48. The van der Waals surface area contributed by atoms with E-state index in [4.69, 9.17) is 11.6 Å². The van der Waals surface area contributed by atoms with Crippen LogP contribution in [0.1, 0.15) is 6.42 Å². The number of fused-ring (bicyclic) bond motifs is 3. The molecule has 0 aromatic heterocycles. The standard InChI is InChI=1S/C12H13ClN2O2S/c13-9-2-1-3-10-12(9)15-4-5-18(17)7-8(15)6-11(16)14-10/h1-3,8H,4-7H2,(H,14,16). The maximum Gasteiger partial charge on any atom is 0.226 e. The number of hydrogen-bond donors (Lipinski definition) is 1. The van der Waals surface area contributed by atoms with Crippen LogP contribution in [0.5, 0.6) is 0 Å². The quantitative estimate of drug-likeness (QED) is 0.788. The van der Waals surface area contributed by atoms with Crippen LogP contribution in [-0.2, 0) is 15.6 Å². The van der Waals surface area contributed by atoms with E-state index in [2.05, 4.69) is 10.2 Å². The van der Waals surface area contributed by atoms with Crippen molar-refractivity contribution in [3.05, 3.63) is 23.2 Å². The van der Waals surface area contributed by atoms with Crippen molar-refractivity contribution in [2.24, 2.45) is 0 Å². The van der Waals surface area contributed by atoms with Gasteiger partial charge in [0.1, 0.15) is 0 Å². The van der Waals surface area contributed by atoms with Gasteiger partial charge in [0.15, 0.2) is 0 Å². The molecule has 2 aliphatic rings. The molecule has 1 aromatic rings. The lowest BCUT2D eigenvalue weighted by Crippen LogP contribution is -2.47. The van der Waals surface area contributed by atoms with Crippen molar-refractivity contribution >= 4 is 39.7 Å². The molecule has 0 radical (unpaired) electrons. The number of nitrogens with one attached hydrogen (secondary N) is 1. The Labute approximate surface area is 113 Å². The molecule has 0 aliphatic carbocycles. The van der Waals surface area contributed by atoms with Gasteiger partial charge in [-0.25, -0.2) is 0 Å². The second-order valence-corrected chi connectivity index (χ2v) is 6.57. The molecule has 1 N–H and O–H groups in total. The molecule has 2 heterocycles. The molecule has 3 rings (SSSR count). The van der Waals surface area contributed by atoms with E-state index in [-0.39, 0.29) is 11.9 Å². The van der Waals surface area contributed by atoms with Crippen LogP contribution < -0.4 is 10.2 Å². The zero-order chi connectivity index (χ0) is 12.7. The van der Waals surface area contributed by atoms with Crippen molar-refractivity contribution in [2.45, 2.75) is 12.5 Å². The van der Waals surface area contributed by atoms with Gasteiger partial charge in [-0.3, -0.25) is 9.00 Å². The molecular formula is C12H13ClN2O2S. The number of halogens is 1. The Hall–Kier alpha value is -1.07. The molecule has 4 nitrogen and oxygen atoms in total. The highest BCUT2D eigenvalue weighted by molar-refractivity contribution is 7.85. The van der Waals surface area contributed by atoms with Crippen molar-refractivity contribution in [1.82, 2.24) is 0 Å². The van der Waals surface area contributed by atoms with Gasteiger partial charge in [-0.1, -0.05) is 17.7 Å². The highest BCUT2D eigenvalue weighted by atomic mass is 35.5. The second kappa shape index (κ2) is 4.55. The van der Waals surface area contributed by atoms with Crippen molar-refractivity contribution in [3.8, 4) is 0 Å². The lowest BCUT2D eigenvalue weighted by Gasteiger charge is -2.36. The predicted molar refractivity (Wildman–Crippen MR) is 73.7 cm³/mol. The number of anilines is 2. The zero-order valence-electron chi connectivity index (χ0n) is 9.69. The van der Waals surface area contributed by atoms with Gasteiger partial charge in [0, 0.05) is 41.3 Å². The number of amides is 1. The maximum absolute atomic E-state index is 11.8. The molecule has 6 heteroatoms. The number of para-hydroxylation sites is 1. The predicted octanol–water partition coefficient (Wildman–Crippen LogP) is 1.62. The fourth-order valence-corrected chi connectivity index (χ4v) is 4.13. The third-order valence-corrected chi connectivity index (χ3v) is 5.05. The van der Waals surface area contributed by atoms with E-state index in [1.165, 1.54) is 0 Å². The van der Waals surface area contributed by atoms with E-state index < -0.39 is 10.8 Å². The van der Waals surface area contributed by atoms with Gasteiger partial charge in [0.05, 0.1) is 16.4 Å². The number of hydrogen-bond acceptors (Lipinski definition) is 3. The molecule has 18 heavy (non-hydrogen) atoms. The largest absolute Gasteiger partial charge is 0.363 e. The Morgan fingerprint density at radius 3 is 3.11 bits per heavy atom. The molecular weight excluding hydrogens is 272 g/mol. The molecule has 96 valence electrons. The smallest absolute Gasteiger partial charge is 0.226 e. The van der Waals surface area contributed by atoms with Gasteiger partial charge in [0.25, 0.3) is 0 Å². The van der Waals surface area contributed by atoms with Crippen LogP contribution in [0.25, 0.3) is 0 Å². The maximum atomic E-state index is 11.8. The Kier molecular flexibility index (Phi) is 3.03. The van der Waals surface area contributed by atoms with Crippen molar-refractivity contribution in [3.63, 3.8) is 0 Å². The summed E-state index contributed by atoms with van der Waals surface area (Å²) in [5, 5.41) is 3.50. The van der Waals surface area contributed by atoms with E-state index >= 15 is 0 Å². The molecule has 2 unspecified atom stereocenters. The average molecular weight is 285 g/mol. The molecule has 1 aromatic carbocycles. The SMILES string of the molecule is O=C1CC2CS(=O)CCN2c2c(Cl)cccc2N1. The Balaban J connectivity index is 2.09. The van der Waals surface area contributed by atoms with E-state index in [0.29, 0.717) is 29.5 Å². The molecule has 1 amide bonds. The number of nitrogens with zero attached hydrogens (tertiary/aromatic N) is 1. The van der Waals surface area contributed by atoms with Crippen LogP contribution in [0, 0.1) is 0 Å². The van der Waals surface area contributed by atoms with Gasteiger partial charge in [-0.2, -0.15) is 0 Å². The first-order valence-corrected chi connectivity index (χ1v) is 7.72. The van der Waals surface area contributed by atoms with Gasteiger partial charge < -0.3 is 10.2 Å². The second-order valence-electron chi connectivity index (χ2n) is 4.55. The summed E-state index contributed by atoms with van der Waals surface area (Å²) >= 11 is 6.25. The first-order valence-electron chi connectivity index (χ1n) is 5.85. The first-order chi connectivity index (χ1) is 8.65. The summed E-state index contributed by atoms with van der Waals surface area (Å²) in [5.41, 5.74) is 1.62. The normalized spacial score (nSPS) is 26.9. The molecule has 0 saturated carbocycles. The fraction of sp³-hybridized carbons (Fsp3) is 0.417. The van der Waals surface area contributed by atoms with Crippen LogP contribution in [0.3, 0.4) is 0 Å². The molecule has 0 bridgehead atoms. The third-order valence-electron chi connectivity index (χ3n) is 3.35.